The molecule has 3 heterocycles. The predicted octanol–water partition coefficient (Wildman–Crippen LogP) is 3.25. The van der Waals surface area contributed by atoms with Crippen molar-refractivity contribution in [3.8, 4) is 0 Å². The van der Waals surface area contributed by atoms with E-state index in [2.05, 4.69) is 29.2 Å². The van der Waals surface area contributed by atoms with E-state index in [1.807, 2.05) is 4.90 Å². The molecule has 0 radical (unpaired) electrons. The van der Waals surface area contributed by atoms with E-state index in [0.717, 1.165) is 50.6 Å². The van der Waals surface area contributed by atoms with Crippen molar-refractivity contribution in [2.75, 3.05) is 37.7 Å². The number of carbonyl (C=O) groups is 1. The van der Waals surface area contributed by atoms with Gasteiger partial charge in [0, 0.05) is 38.3 Å². The molecule has 0 bridgehead atoms. The van der Waals surface area contributed by atoms with Gasteiger partial charge in [-0.25, -0.2) is 0 Å². The van der Waals surface area contributed by atoms with E-state index in [1.165, 1.54) is 37.9 Å². The minimum absolute atomic E-state index is 0.290. The van der Waals surface area contributed by atoms with Crippen molar-refractivity contribution >= 4 is 11.6 Å². The topological polar surface area (TPSA) is 32.8 Å². The lowest BCUT2D eigenvalue weighted by molar-refractivity contribution is -0.119. The van der Waals surface area contributed by atoms with Crippen molar-refractivity contribution in [2.45, 2.75) is 51.0 Å². The van der Waals surface area contributed by atoms with Gasteiger partial charge in [-0.3, -0.25) is 4.79 Å². The van der Waals surface area contributed by atoms with Crippen LogP contribution in [-0.4, -0.2) is 49.7 Å². The second-order valence-electron chi connectivity index (χ2n) is 7.78. The fourth-order valence-corrected chi connectivity index (χ4v) is 4.67. The van der Waals surface area contributed by atoms with Gasteiger partial charge in [0.15, 0.2) is 0 Å². The van der Waals surface area contributed by atoms with E-state index in [4.69, 9.17) is 4.74 Å². The van der Waals surface area contributed by atoms with E-state index in [9.17, 15) is 4.79 Å². The Labute approximate surface area is 151 Å². The van der Waals surface area contributed by atoms with Crippen LogP contribution in [0, 0.1) is 5.92 Å². The highest BCUT2D eigenvalue weighted by Crippen LogP contribution is 2.29. The van der Waals surface area contributed by atoms with Gasteiger partial charge in [0.1, 0.15) is 0 Å². The fourth-order valence-electron chi connectivity index (χ4n) is 4.67. The average Bonchev–Trinajstić information content (AvgIpc) is 3.32. The Morgan fingerprint density at radius 3 is 2.84 bits per heavy atom. The van der Waals surface area contributed by atoms with E-state index >= 15 is 0 Å². The molecule has 0 spiro atoms. The summed E-state index contributed by atoms with van der Waals surface area (Å²) in [7, 11) is 0. The van der Waals surface area contributed by atoms with Crippen LogP contribution in [-0.2, 0) is 16.0 Å². The van der Waals surface area contributed by atoms with Crippen molar-refractivity contribution in [2.24, 2.45) is 5.92 Å². The third-order valence-corrected chi connectivity index (χ3v) is 6.10. The Hall–Kier alpha value is -1.39. The number of piperidine rings is 1. The number of ether oxygens (including phenoxy) is 1. The van der Waals surface area contributed by atoms with Gasteiger partial charge in [0.25, 0.3) is 0 Å². The summed E-state index contributed by atoms with van der Waals surface area (Å²) < 4.78 is 5.89. The molecule has 4 heteroatoms. The summed E-state index contributed by atoms with van der Waals surface area (Å²) in [6, 6.07) is 8.49. The SMILES string of the molecule is O=C1CCCCN1c1ccccc1CCN1CCC(C2CCCO2)C1. The number of hydrogen-bond acceptors (Lipinski definition) is 3. The molecule has 4 nitrogen and oxygen atoms in total. The largest absolute Gasteiger partial charge is 0.378 e. The molecule has 4 rings (SSSR count). The van der Waals surface area contributed by atoms with Gasteiger partial charge in [0.05, 0.1) is 6.10 Å². The van der Waals surface area contributed by atoms with Crippen molar-refractivity contribution < 1.29 is 9.53 Å². The number of nitrogens with zero attached hydrogens (tertiary/aromatic N) is 2. The maximum atomic E-state index is 12.3. The first-order valence-electron chi connectivity index (χ1n) is 10.0. The quantitative estimate of drug-likeness (QED) is 0.823. The zero-order chi connectivity index (χ0) is 17.1. The van der Waals surface area contributed by atoms with Gasteiger partial charge in [-0.15, -0.1) is 0 Å². The van der Waals surface area contributed by atoms with Crippen molar-refractivity contribution in [1.82, 2.24) is 4.90 Å². The van der Waals surface area contributed by atoms with Gasteiger partial charge < -0.3 is 14.5 Å². The van der Waals surface area contributed by atoms with Gasteiger partial charge in [-0.05, 0) is 62.6 Å². The Balaban J connectivity index is 1.36. The van der Waals surface area contributed by atoms with Crippen LogP contribution in [0.5, 0.6) is 0 Å². The third kappa shape index (κ3) is 3.90. The molecule has 1 amide bonds. The summed E-state index contributed by atoms with van der Waals surface area (Å²) in [5, 5.41) is 0. The third-order valence-electron chi connectivity index (χ3n) is 6.10. The minimum atomic E-state index is 0.290. The number of rotatable bonds is 5. The smallest absolute Gasteiger partial charge is 0.226 e. The summed E-state index contributed by atoms with van der Waals surface area (Å²) in [6.45, 7) is 5.28. The molecule has 3 fully saturated rings. The first-order chi connectivity index (χ1) is 12.3. The fraction of sp³-hybridized carbons (Fsp3) is 0.667. The molecule has 1 aromatic rings. The summed E-state index contributed by atoms with van der Waals surface area (Å²) in [6.07, 6.45) is 8.14. The lowest BCUT2D eigenvalue weighted by atomic mass is 9.99. The first kappa shape index (κ1) is 17.0. The standard InChI is InChI=1S/C21H30N2O2/c24-21-9-3-4-12-23(21)19-7-2-1-6-17(19)10-13-22-14-11-18(16-22)20-8-5-15-25-20/h1-2,6-7,18,20H,3-5,8-16H2. The van der Waals surface area contributed by atoms with E-state index in [0.29, 0.717) is 18.4 Å². The van der Waals surface area contributed by atoms with Crippen LogP contribution in [0.15, 0.2) is 24.3 Å². The highest BCUT2D eigenvalue weighted by molar-refractivity contribution is 5.94. The highest BCUT2D eigenvalue weighted by atomic mass is 16.5. The van der Waals surface area contributed by atoms with Gasteiger partial charge in [-0.1, -0.05) is 18.2 Å². The van der Waals surface area contributed by atoms with Crippen LogP contribution in [0.4, 0.5) is 5.69 Å². The number of hydrogen-bond donors (Lipinski definition) is 0. The number of carbonyl (C=O) groups excluding carboxylic acids is 1. The molecular weight excluding hydrogens is 312 g/mol. The molecule has 0 aliphatic carbocycles. The van der Waals surface area contributed by atoms with Crippen LogP contribution in [0.25, 0.3) is 0 Å². The van der Waals surface area contributed by atoms with E-state index < -0.39 is 0 Å². The molecule has 1 aromatic carbocycles. The second-order valence-corrected chi connectivity index (χ2v) is 7.78. The predicted molar refractivity (Wildman–Crippen MR) is 99.9 cm³/mol. The molecular formula is C21H30N2O2. The number of amides is 1. The van der Waals surface area contributed by atoms with Crippen LogP contribution in [0.3, 0.4) is 0 Å². The Kier molecular flexibility index (Phi) is 5.37. The Morgan fingerprint density at radius 1 is 1.08 bits per heavy atom. The van der Waals surface area contributed by atoms with E-state index in [1.54, 1.807) is 0 Å². The second kappa shape index (κ2) is 7.88. The van der Waals surface area contributed by atoms with Crippen LogP contribution < -0.4 is 4.90 Å². The van der Waals surface area contributed by atoms with Crippen molar-refractivity contribution in [3.05, 3.63) is 29.8 Å². The summed E-state index contributed by atoms with van der Waals surface area (Å²) in [5.41, 5.74) is 2.46. The molecule has 2 atom stereocenters. The lowest BCUT2D eigenvalue weighted by Gasteiger charge is -2.29. The van der Waals surface area contributed by atoms with Crippen molar-refractivity contribution in [3.63, 3.8) is 0 Å². The van der Waals surface area contributed by atoms with E-state index in [-0.39, 0.29) is 0 Å². The number of likely N-dealkylation sites (tertiary alicyclic amines) is 1. The Bertz CT molecular complexity index is 597. The number of anilines is 1. The maximum absolute atomic E-state index is 12.3. The first-order valence-corrected chi connectivity index (χ1v) is 10.0. The van der Waals surface area contributed by atoms with Crippen molar-refractivity contribution in [1.29, 1.82) is 0 Å². The molecule has 0 N–H and O–H groups in total. The molecule has 136 valence electrons. The van der Waals surface area contributed by atoms with Gasteiger partial charge in [0.2, 0.25) is 5.91 Å². The molecule has 0 aromatic heterocycles. The number of para-hydroxylation sites is 1. The van der Waals surface area contributed by atoms with Gasteiger partial charge >= 0.3 is 0 Å². The zero-order valence-electron chi connectivity index (χ0n) is 15.2. The van der Waals surface area contributed by atoms with Crippen LogP contribution in [0.2, 0.25) is 0 Å². The molecule has 0 saturated carbocycles. The summed E-state index contributed by atoms with van der Waals surface area (Å²) in [4.78, 5) is 16.9. The molecule has 3 aliphatic rings. The molecule has 2 unspecified atom stereocenters. The minimum Gasteiger partial charge on any atom is -0.378 e. The molecule has 3 aliphatic heterocycles. The average molecular weight is 342 g/mol. The molecule has 25 heavy (non-hydrogen) atoms. The zero-order valence-corrected chi connectivity index (χ0v) is 15.2. The Morgan fingerprint density at radius 2 is 2.00 bits per heavy atom. The molecule has 3 saturated heterocycles. The van der Waals surface area contributed by atoms with Crippen LogP contribution >= 0.6 is 0 Å². The normalized spacial score (nSPS) is 28.0. The van der Waals surface area contributed by atoms with Crippen LogP contribution in [0.1, 0.15) is 44.1 Å². The lowest BCUT2D eigenvalue weighted by Crippen LogP contribution is -2.36. The summed E-state index contributed by atoms with van der Waals surface area (Å²) >= 11 is 0. The van der Waals surface area contributed by atoms with Gasteiger partial charge in [-0.2, -0.15) is 0 Å². The number of benzene rings is 1. The maximum Gasteiger partial charge on any atom is 0.226 e. The highest BCUT2D eigenvalue weighted by Gasteiger charge is 2.32. The monoisotopic (exact) mass is 342 g/mol. The summed E-state index contributed by atoms with van der Waals surface area (Å²) in [5.74, 6) is 1.01.